The molecule has 41 heavy (non-hydrogen) atoms. The average molecular weight is 558 g/mol. The topological polar surface area (TPSA) is 96.6 Å². The maximum absolute atomic E-state index is 14.1. The van der Waals surface area contributed by atoms with Gasteiger partial charge in [0.15, 0.2) is 0 Å². The molecule has 220 valence electrons. The molecular formula is C33H47N7O. The average Bonchev–Trinajstić information content (AvgIpc) is 3.35. The van der Waals surface area contributed by atoms with Crippen LogP contribution in [0.15, 0.2) is 48.5 Å². The van der Waals surface area contributed by atoms with Crippen molar-refractivity contribution in [1.82, 2.24) is 19.6 Å². The van der Waals surface area contributed by atoms with Crippen LogP contribution in [0.3, 0.4) is 0 Å². The van der Waals surface area contributed by atoms with Crippen molar-refractivity contribution >= 4 is 17.3 Å². The smallest absolute Gasteiger partial charge is 0.272 e. The van der Waals surface area contributed by atoms with E-state index in [0.29, 0.717) is 12.2 Å². The highest BCUT2D eigenvalue weighted by Gasteiger charge is 2.31. The molecule has 1 aliphatic carbocycles. The first-order valence-corrected chi connectivity index (χ1v) is 15.0. The van der Waals surface area contributed by atoms with Gasteiger partial charge >= 0.3 is 0 Å². The van der Waals surface area contributed by atoms with Crippen molar-refractivity contribution in [2.75, 3.05) is 43.9 Å². The lowest BCUT2D eigenvalue weighted by Crippen LogP contribution is -2.44. The highest BCUT2D eigenvalue weighted by atomic mass is 16.2. The lowest BCUT2D eigenvalue weighted by atomic mass is 9.90. The molecule has 1 aromatic heterocycles. The lowest BCUT2D eigenvalue weighted by Gasteiger charge is -2.36. The van der Waals surface area contributed by atoms with Gasteiger partial charge in [-0.05, 0) is 73.7 Å². The Labute approximate surface area is 245 Å². The van der Waals surface area contributed by atoms with Gasteiger partial charge < -0.3 is 26.2 Å². The Bertz CT molecular complexity index is 1360. The number of carbonyl (C=O) groups excluding carboxylic acids is 1. The fourth-order valence-electron chi connectivity index (χ4n) is 6.08. The second kappa shape index (κ2) is 11.9. The summed E-state index contributed by atoms with van der Waals surface area (Å²) in [6.45, 7) is 11.0. The Morgan fingerprint density at radius 1 is 0.951 bits per heavy atom. The number of aryl methyl sites for hydroxylation is 1. The van der Waals surface area contributed by atoms with Crippen molar-refractivity contribution in [2.45, 2.75) is 70.5 Å². The predicted molar refractivity (Wildman–Crippen MR) is 168 cm³/mol. The maximum atomic E-state index is 14.1. The van der Waals surface area contributed by atoms with E-state index in [2.05, 4.69) is 90.1 Å². The Morgan fingerprint density at radius 3 is 2.27 bits per heavy atom. The molecule has 0 bridgehead atoms. The molecule has 2 aromatic carbocycles. The number of anilines is 2. The van der Waals surface area contributed by atoms with Crippen LogP contribution >= 0.6 is 0 Å². The SMILES string of the molecule is CN1CCN(c2ccc(-c3cccc(CN(C(=O)c4cc(C(C)(C)C)nn4C)C4CCC(N)CC4)c3)cc2N)CC1. The molecule has 2 heterocycles. The van der Waals surface area contributed by atoms with Crippen LogP contribution in [0.4, 0.5) is 11.4 Å². The molecular weight excluding hydrogens is 510 g/mol. The third-order valence-corrected chi connectivity index (χ3v) is 8.80. The number of likely N-dealkylation sites (N-methyl/N-ethyl adjacent to an activating group) is 1. The highest BCUT2D eigenvalue weighted by molar-refractivity contribution is 5.93. The van der Waals surface area contributed by atoms with Crippen LogP contribution in [-0.4, -0.2) is 70.8 Å². The normalized spacial score (nSPS) is 20.3. The number of rotatable bonds is 6. The molecule has 0 atom stereocenters. The standard InChI is InChI=1S/C33H47N7O/c1-33(2,3)31-21-30(38(5)36-31)32(41)40(27-12-10-26(34)11-13-27)22-23-7-6-8-24(19-23)25-9-14-29(28(35)20-25)39-17-15-37(4)16-18-39/h6-9,14,19-21,26-27H,10-13,15-18,22,34-35H2,1-5H3. The third kappa shape index (κ3) is 6.60. The molecule has 0 spiro atoms. The van der Waals surface area contributed by atoms with Gasteiger partial charge in [0, 0.05) is 57.3 Å². The molecule has 0 unspecified atom stereocenters. The quantitative estimate of drug-likeness (QED) is 0.429. The first-order chi connectivity index (χ1) is 19.5. The molecule has 8 heteroatoms. The van der Waals surface area contributed by atoms with E-state index in [-0.39, 0.29) is 23.4 Å². The summed E-state index contributed by atoms with van der Waals surface area (Å²) in [5.41, 5.74) is 19.4. The Morgan fingerprint density at radius 2 is 1.63 bits per heavy atom. The molecule has 3 aromatic rings. The summed E-state index contributed by atoms with van der Waals surface area (Å²) in [7, 11) is 4.03. The molecule has 1 saturated carbocycles. The zero-order chi connectivity index (χ0) is 29.3. The molecule has 2 aliphatic rings. The molecule has 1 amide bonds. The summed E-state index contributed by atoms with van der Waals surface area (Å²) in [5, 5.41) is 4.69. The van der Waals surface area contributed by atoms with Gasteiger partial charge in [-0.2, -0.15) is 5.10 Å². The van der Waals surface area contributed by atoms with E-state index in [1.165, 1.54) is 0 Å². The van der Waals surface area contributed by atoms with Crippen LogP contribution in [0, 0.1) is 0 Å². The second-order valence-electron chi connectivity index (χ2n) is 13.1. The summed E-state index contributed by atoms with van der Waals surface area (Å²) in [6.07, 6.45) is 3.71. The van der Waals surface area contributed by atoms with Crippen LogP contribution in [-0.2, 0) is 19.0 Å². The Kier molecular flexibility index (Phi) is 8.43. The summed E-state index contributed by atoms with van der Waals surface area (Å²) in [4.78, 5) is 20.9. The van der Waals surface area contributed by atoms with Crippen LogP contribution in [0.1, 0.15) is 68.2 Å². The number of nitrogens with zero attached hydrogens (tertiary/aromatic N) is 5. The van der Waals surface area contributed by atoms with Gasteiger partial charge in [-0.25, -0.2) is 0 Å². The van der Waals surface area contributed by atoms with E-state index in [1.807, 2.05) is 13.1 Å². The van der Waals surface area contributed by atoms with Crippen LogP contribution in [0.2, 0.25) is 0 Å². The van der Waals surface area contributed by atoms with Gasteiger partial charge in [-0.3, -0.25) is 9.48 Å². The monoisotopic (exact) mass is 557 g/mol. The van der Waals surface area contributed by atoms with E-state index in [0.717, 1.165) is 85.6 Å². The van der Waals surface area contributed by atoms with Gasteiger partial charge in [0.1, 0.15) is 5.69 Å². The number of carbonyl (C=O) groups is 1. The summed E-state index contributed by atoms with van der Waals surface area (Å²) < 4.78 is 1.74. The second-order valence-corrected chi connectivity index (χ2v) is 13.1. The summed E-state index contributed by atoms with van der Waals surface area (Å²) >= 11 is 0. The first kappa shape index (κ1) is 29.1. The predicted octanol–water partition coefficient (Wildman–Crippen LogP) is 4.63. The van der Waals surface area contributed by atoms with Crippen molar-refractivity contribution in [1.29, 1.82) is 0 Å². The number of nitrogens with two attached hydrogens (primary N) is 2. The summed E-state index contributed by atoms with van der Waals surface area (Å²) in [5.74, 6) is 0.0298. The third-order valence-electron chi connectivity index (χ3n) is 8.80. The summed E-state index contributed by atoms with van der Waals surface area (Å²) in [6, 6.07) is 17.2. The van der Waals surface area contributed by atoms with Gasteiger partial charge in [0.05, 0.1) is 17.1 Å². The molecule has 8 nitrogen and oxygen atoms in total. The van der Waals surface area contributed by atoms with Gasteiger partial charge in [0.2, 0.25) is 0 Å². The number of hydrogen-bond acceptors (Lipinski definition) is 6. The molecule has 4 N–H and O–H groups in total. The van der Waals surface area contributed by atoms with E-state index >= 15 is 0 Å². The largest absolute Gasteiger partial charge is 0.397 e. The minimum Gasteiger partial charge on any atom is -0.397 e. The van der Waals surface area contributed by atoms with Gasteiger partial charge in [-0.1, -0.05) is 45.0 Å². The zero-order valence-corrected chi connectivity index (χ0v) is 25.4. The molecule has 0 radical (unpaired) electrons. The number of amides is 1. The van der Waals surface area contributed by atoms with E-state index in [1.54, 1.807) is 4.68 Å². The van der Waals surface area contributed by atoms with Crippen molar-refractivity contribution in [3.63, 3.8) is 0 Å². The van der Waals surface area contributed by atoms with Gasteiger partial charge in [-0.15, -0.1) is 0 Å². The van der Waals surface area contributed by atoms with Crippen LogP contribution < -0.4 is 16.4 Å². The van der Waals surface area contributed by atoms with Crippen molar-refractivity contribution in [3.05, 3.63) is 65.5 Å². The number of aromatic nitrogens is 2. The minimum absolute atomic E-state index is 0.0298. The first-order valence-electron chi connectivity index (χ1n) is 15.0. The molecule has 5 rings (SSSR count). The Balaban J connectivity index is 1.40. The number of nitrogen functional groups attached to an aromatic ring is 1. The fraction of sp³-hybridized carbons (Fsp3) is 0.515. The molecule has 1 saturated heterocycles. The lowest BCUT2D eigenvalue weighted by molar-refractivity contribution is 0.0595. The Hall–Kier alpha value is -3.36. The van der Waals surface area contributed by atoms with E-state index in [4.69, 9.17) is 11.5 Å². The van der Waals surface area contributed by atoms with E-state index < -0.39 is 0 Å². The number of hydrogen-bond donors (Lipinski definition) is 2. The van der Waals surface area contributed by atoms with Crippen molar-refractivity contribution in [2.24, 2.45) is 12.8 Å². The maximum Gasteiger partial charge on any atom is 0.272 e. The van der Waals surface area contributed by atoms with E-state index in [9.17, 15) is 4.79 Å². The van der Waals surface area contributed by atoms with Crippen LogP contribution in [0.5, 0.6) is 0 Å². The number of piperazine rings is 1. The molecule has 2 fully saturated rings. The van der Waals surface area contributed by atoms with Crippen molar-refractivity contribution in [3.8, 4) is 11.1 Å². The fourth-order valence-corrected chi connectivity index (χ4v) is 6.08. The van der Waals surface area contributed by atoms with Crippen LogP contribution in [0.25, 0.3) is 11.1 Å². The minimum atomic E-state index is -0.130. The molecule has 1 aliphatic heterocycles. The van der Waals surface area contributed by atoms with Gasteiger partial charge in [0.25, 0.3) is 5.91 Å². The number of benzene rings is 2. The van der Waals surface area contributed by atoms with Crippen molar-refractivity contribution < 1.29 is 4.79 Å². The zero-order valence-electron chi connectivity index (χ0n) is 25.4. The highest BCUT2D eigenvalue weighted by Crippen LogP contribution is 2.32.